The number of benzene rings is 1. The molecule has 1 aromatic carbocycles. The first kappa shape index (κ1) is 17.8. The van der Waals surface area contributed by atoms with Gasteiger partial charge in [0, 0.05) is 5.56 Å². The molecule has 1 aromatic heterocycles. The molecule has 0 saturated heterocycles. The summed E-state index contributed by atoms with van der Waals surface area (Å²) in [6.45, 7) is 7.40. The second-order valence-corrected chi connectivity index (χ2v) is 6.13. The predicted molar refractivity (Wildman–Crippen MR) is 91.8 cm³/mol. The van der Waals surface area contributed by atoms with E-state index >= 15 is 0 Å². The van der Waals surface area contributed by atoms with Gasteiger partial charge in [-0.25, -0.2) is 14.8 Å². The highest BCUT2D eigenvalue weighted by molar-refractivity contribution is 6.00. The van der Waals surface area contributed by atoms with Gasteiger partial charge in [-0.2, -0.15) is 0 Å². The van der Waals surface area contributed by atoms with Crippen molar-refractivity contribution in [2.45, 2.75) is 46.1 Å². The monoisotopic (exact) mass is 329 g/mol. The lowest BCUT2D eigenvalue weighted by atomic mass is 9.95. The third-order valence-electron chi connectivity index (χ3n) is 4.11. The van der Waals surface area contributed by atoms with E-state index in [-0.39, 0.29) is 5.91 Å². The molecule has 0 spiro atoms. The first-order valence-electron chi connectivity index (χ1n) is 7.96. The molecule has 1 atom stereocenters. The Morgan fingerprint density at radius 3 is 2.38 bits per heavy atom. The summed E-state index contributed by atoms with van der Waals surface area (Å²) in [5.41, 5.74) is 2.46. The van der Waals surface area contributed by atoms with E-state index in [1.807, 2.05) is 20.8 Å². The molecule has 0 aliphatic carbocycles. The maximum atomic E-state index is 12.6. The van der Waals surface area contributed by atoms with Crippen molar-refractivity contribution >= 4 is 22.9 Å². The largest absolute Gasteiger partial charge is 0.467 e. The molecule has 2 aromatic rings. The number of nitrogens with one attached hydrogen (secondary N) is 1. The zero-order valence-electron chi connectivity index (χ0n) is 14.8. The summed E-state index contributed by atoms with van der Waals surface area (Å²) in [5, 5.41) is 2.79. The number of amides is 1. The number of aryl methyl sites for hydroxylation is 2. The van der Waals surface area contributed by atoms with Gasteiger partial charge >= 0.3 is 5.97 Å². The fourth-order valence-corrected chi connectivity index (χ4v) is 2.64. The van der Waals surface area contributed by atoms with Crippen LogP contribution < -0.4 is 5.32 Å². The maximum Gasteiger partial charge on any atom is 0.331 e. The Morgan fingerprint density at radius 1 is 1.17 bits per heavy atom. The molecule has 2 rings (SSSR count). The van der Waals surface area contributed by atoms with Crippen LogP contribution >= 0.6 is 0 Å². The van der Waals surface area contributed by atoms with Crippen LogP contribution in [-0.2, 0) is 9.53 Å². The van der Waals surface area contributed by atoms with Crippen LogP contribution in [0, 0.1) is 13.8 Å². The quantitative estimate of drug-likeness (QED) is 0.853. The second kappa shape index (κ2) is 6.95. The van der Waals surface area contributed by atoms with Gasteiger partial charge in [0.15, 0.2) is 0 Å². The minimum Gasteiger partial charge on any atom is -0.467 e. The van der Waals surface area contributed by atoms with Crippen LogP contribution in [0.15, 0.2) is 18.2 Å². The molecular weight excluding hydrogens is 306 g/mol. The average Bonchev–Trinajstić information content (AvgIpc) is 2.54. The summed E-state index contributed by atoms with van der Waals surface area (Å²) in [6, 6.07) is 5.14. The highest BCUT2D eigenvalue weighted by Crippen LogP contribution is 2.18. The van der Waals surface area contributed by atoms with Gasteiger partial charge in [0.1, 0.15) is 5.54 Å². The van der Waals surface area contributed by atoms with E-state index in [1.165, 1.54) is 7.11 Å². The van der Waals surface area contributed by atoms with Crippen molar-refractivity contribution in [2.75, 3.05) is 7.11 Å². The van der Waals surface area contributed by atoms with Crippen molar-refractivity contribution in [3.8, 4) is 0 Å². The zero-order valence-corrected chi connectivity index (χ0v) is 14.8. The Bertz CT molecular complexity index is 788. The van der Waals surface area contributed by atoms with Crippen LogP contribution in [0.2, 0.25) is 0 Å². The lowest BCUT2D eigenvalue weighted by Crippen LogP contribution is -2.52. The Labute approximate surface area is 141 Å². The zero-order chi connectivity index (χ0) is 17.9. The van der Waals surface area contributed by atoms with Crippen molar-refractivity contribution in [3.63, 3.8) is 0 Å². The van der Waals surface area contributed by atoms with Gasteiger partial charge in [-0.05, 0) is 45.4 Å². The summed E-state index contributed by atoms with van der Waals surface area (Å²) in [4.78, 5) is 33.5. The van der Waals surface area contributed by atoms with Crippen LogP contribution in [0.5, 0.6) is 0 Å². The smallest absolute Gasteiger partial charge is 0.331 e. The molecule has 0 fully saturated rings. The molecule has 1 heterocycles. The number of carbonyl (C=O) groups is 2. The number of fused-ring (bicyclic) bond motifs is 1. The molecule has 1 N–H and O–H groups in total. The van der Waals surface area contributed by atoms with Gasteiger partial charge in [0.25, 0.3) is 5.91 Å². The summed E-state index contributed by atoms with van der Waals surface area (Å²) >= 11 is 0. The molecule has 0 radical (unpaired) electrons. The maximum absolute atomic E-state index is 12.6. The lowest BCUT2D eigenvalue weighted by Gasteiger charge is -2.27. The summed E-state index contributed by atoms with van der Waals surface area (Å²) in [6.07, 6.45) is 1.24. The first-order chi connectivity index (χ1) is 11.3. The lowest BCUT2D eigenvalue weighted by molar-refractivity contribution is -0.147. The molecule has 0 bridgehead atoms. The number of esters is 1. The van der Waals surface area contributed by atoms with Crippen molar-refractivity contribution in [1.82, 2.24) is 15.3 Å². The normalized spacial score (nSPS) is 13.4. The topological polar surface area (TPSA) is 81.2 Å². The Morgan fingerprint density at radius 2 is 1.79 bits per heavy atom. The molecule has 24 heavy (non-hydrogen) atoms. The highest BCUT2D eigenvalue weighted by atomic mass is 16.5. The number of carbonyl (C=O) groups excluding carboxylic acids is 2. The van der Waals surface area contributed by atoms with Crippen molar-refractivity contribution in [2.24, 2.45) is 0 Å². The van der Waals surface area contributed by atoms with E-state index in [4.69, 9.17) is 4.74 Å². The van der Waals surface area contributed by atoms with E-state index in [0.29, 0.717) is 17.5 Å². The first-order valence-corrected chi connectivity index (χ1v) is 7.96. The van der Waals surface area contributed by atoms with Crippen molar-refractivity contribution < 1.29 is 14.3 Å². The van der Waals surface area contributed by atoms with Gasteiger partial charge in [0.05, 0.1) is 29.5 Å². The van der Waals surface area contributed by atoms with Crippen molar-refractivity contribution in [1.29, 1.82) is 0 Å². The third-order valence-corrected chi connectivity index (χ3v) is 4.11. The van der Waals surface area contributed by atoms with E-state index in [0.717, 1.165) is 23.3 Å². The molecule has 0 aliphatic rings. The fourth-order valence-electron chi connectivity index (χ4n) is 2.64. The van der Waals surface area contributed by atoms with E-state index in [9.17, 15) is 9.59 Å². The van der Waals surface area contributed by atoms with Gasteiger partial charge in [0.2, 0.25) is 0 Å². The highest BCUT2D eigenvalue weighted by Gasteiger charge is 2.35. The number of ether oxygens (including phenoxy) is 1. The minimum absolute atomic E-state index is 0.335. The predicted octanol–water partition coefficient (Wildman–Crippen LogP) is 2.71. The van der Waals surface area contributed by atoms with E-state index in [2.05, 4.69) is 15.3 Å². The number of methoxy groups -OCH3 is 1. The SMILES string of the molecule is CCCC(C)(NC(=O)c1ccc2nc(C)c(C)nc2c1)C(=O)OC. The number of aromatic nitrogens is 2. The Balaban J connectivity index is 2.33. The van der Waals surface area contributed by atoms with Crippen molar-refractivity contribution in [3.05, 3.63) is 35.2 Å². The van der Waals surface area contributed by atoms with Crippen LogP contribution in [-0.4, -0.2) is 34.5 Å². The molecule has 0 aliphatic heterocycles. The van der Waals surface area contributed by atoms with Crippen LogP contribution in [0.4, 0.5) is 0 Å². The van der Waals surface area contributed by atoms with Crippen LogP contribution in [0.25, 0.3) is 11.0 Å². The molecule has 1 unspecified atom stereocenters. The molecule has 128 valence electrons. The average molecular weight is 329 g/mol. The summed E-state index contributed by atoms with van der Waals surface area (Å²) in [5.74, 6) is -0.789. The number of hydrogen-bond donors (Lipinski definition) is 1. The third kappa shape index (κ3) is 3.53. The number of nitrogens with zero attached hydrogens (tertiary/aromatic N) is 2. The standard InChI is InChI=1S/C18H23N3O3/c1-6-9-18(4,17(23)24-5)21-16(22)13-7-8-14-15(10-13)20-12(3)11(2)19-14/h7-8,10H,6,9H2,1-5H3,(H,21,22). The Hall–Kier alpha value is -2.50. The van der Waals surface area contributed by atoms with E-state index < -0.39 is 11.5 Å². The molecule has 6 heteroatoms. The molecule has 1 amide bonds. The van der Waals surface area contributed by atoms with Gasteiger partial charge < -0.3 is 10.1 Å². The van der Waals surface area contributed by atoms with E-state index in [1.54, 1.807) is 25.1 Å². The Kier molecular flexibility index (Phi) is 5.17. The van der Waals surface area contributed by atoms with Crippen LogP contribution in [0.3, 0.4) is 0 Å². The van der Waals surface area contributed by atoms with Crippen LogP contribution in [0.1, 0.15) is 48.4 Å². The van der Waals surface area contributed by atoms with Gasteiger partial charge in [-0.3, -0.25) is 4.79 Å². The molecule has 0 saturated carbocycles. The molecular formula is C18H23N3O3. The molecule has 6 nitrogen and oxygen atoms in total. The fraction of sp³-hybridized carbons (Fsp3) is 0.444. The second-order valence-electron chi connectivity index (χ2n) is 6.13. The summed E-state index contributed by atoms with van der Waals surface area (Å²) in [7, 11) is 1.32. The van der Waals surface area contributed by atoms with Gasteiger partial charge in [-0.15, -0.1) is 0 Å². The minimum atomic E-state index is -1.05. The van der Waals surface area contributed by atoms with Gasteiger partial charge in [-0.1, -0.05) is 13.3 Å². The number of hydrogen-bond acceptors (Lipinski definition) is 5. The number of rotatable bonds is 5. The summed E-state index contributed by atoms with van der Waals surface area (Å²) < 4.78 is 4.83.